The van der Waals surface area contributed by atoms with E-state index >= 15 is 0 Å². The molecule has 0 aromatic heterocycles. The van der Waals surface area contributed by atoms with Crippen molar-refractivity contribution in [2.24, 2.45) is 5.92 Å². The summed E-state index contributed by atoms with van der Waals surface area (Å²) in [5, 5.41) is 12.2. The lowest BCUT2D eigenvalue weighted by Gasteiger charge is -2.27. The Hall–Kier alpha value is -2.08. The summed E-state index contributed by atoms with van der Waals surface area (Å²) in [7, 11) is 0. The maximum atomic E-state index is 12.1. The lowest BCUT2D eigenvalue weighted by Crippen LogP contribution is -2.46. The molecule has 1 aromatic rings. The Morgan fingerprint density at radius 3 is 2.31 bits per heavy atom. The second-order valence-corrected chi connectivity index (χ2v) is 7.49. The molecule has 0 fully saturated rings. The van der Waals surface area contributed by atoms with E-state index in [1.165, 1.54) is 0 Å². The number of rotatable bonds is 9. The first kappa shape index (κ1) is 22.0. The van der Waals surface area contributed by atoms with E-state index in [4.69, 9.17) is 9.47 Å². The Morgan fingerprint density at radius 2 is 1.81 bits per heavy atom. The van der Waals surface area contributed by atoms with Crippen LogP contribution in [0, 0.1) is 5.92 Å². The molecular weight excluding hydrogens is 334 g/mol. The first-order chi connectivity index (χ1) is 12.1. The van der Waals surface area contributed by atoms with Gasteiger partial charge in [-0.2, -0.15) is 0 Å². The minimum absolute atomic E-state index is 0.109. The van der Waals surface area contributed by atoms with Gasteiger partial charge in [-0.25, -0.2) is 9.59 Å². The number of aliphatic carboxylic acids is 1. The van der Waals surface area contributed by atoms with E-state index in [2.05, 4.69) is 5.32 Å². The number of amides is 1. The van der Waals surface area contributed by atoms with Crippen molar-refractivity contribution in [3.8, 4) is 0 Å². The molecule has 6 heteroatoms. The molecule has 3 atom stereocenters. The predicted octanol–water partition coefficient (Wildman–Crippen LogP) is 3.64. The van der Waals surface area contributed by atoms with Gasteiger partial charge < -0.3 is 19.9 Å². The second kappa shape index (κ2) is 10.2. The van der Waals surface area contributed by atoms with Crippen molar-refractivity contribution in [2.75, 3.05) is 6.61 Å². The van der Waals surface area contributed by atoms with Gasteiger partial charge in [0.15, 0.2) is 6.10 Å². The van der Waals surface area contributed by atoms with Crippen LogP contribution in [-0.2, 0) is 20.7 Å². The van der Waals surface area contributed by atoms with Crippen LogP contribution in [0.1, 0.15) is 46.6 Å². The highest BCUT2D eigenvalue weighted by atomic mass is 16.6. The molecular formula is C20H31NO5. The zero-order valence-electron chi connectivity index (χ0n) is 16.3. The molecule has 0 unspecified atom stereocenters. The number of carboxylic acids is 1. The molecule has 0 heterocycles. The lowest BCUT2D eigenvalue weighted by atomic mass is 10.00. The number of hydrogen-bond donors (Lipinski definition) is 2. The third-order valence-corrected chi connectivity index (χ3v) is 4.05. The van der Waals surface area contributed by atoms with Crippen LogP contribution in [0.2, 0.25) is 0 Å². The molecule has 0 aliphatic heterocycles. The lowest BCUT2D eigenvalue weighted by molar-refractivity contribution is -0.151. The predicted molar refractivity (Wildman–Crippen MR) is 100 cm³/mol. The third-order valence-electron chi connectivity index (χ3n) is 4.05. The SMILES string of the molecule is CC[C@H](C)[C@@H](CO[C@H](Cc1ccccc1)C(=O)O)NC(=O)OC(C)(C)C. The Labute approximate surface area is 155 Å². The van der Waals surface area contributed by atoms with Gasteiger partial charge in [-0.15, -0.1) is 0 Å². The van der Waals surface area contributed by atoms with E-state index in [0.29, 0.717) is 0 Å². The average Bonchev–Trinajstić information content (AvgIpc) is 2.55. The first-order valence-electron chi connectivity index (χ1n) is 9.00. The van der Waals surface area contributed by atoms with Crippen molar-refractivity contribution in [2.45, 2.75) is 65.2 Å². The number of benzene rings is 1. The summed E-state index contributed by atoms with van der Waals surface area (Å²) in [5.41, 5.74) is 0.294. The van der Waals surface area contributed by atoms with E-state index in [1.807, 2.05) is 44.2 Å². The molecule has 146 valence electrons. The average molecular weight is 365 g/mol. The second-order valence-electron chi connectivity index (χ2n) is 7.49. The highest BCUT2D eigenvalue weighted by Crippen LogP contribution is 2.13. The summed E-state index contributed by atoms with van der Waals surface area (Å²) in [6.07, 6.45) is -0.401. The van der Waals surface area contributed by atoms with E-state index in [0.717, 1.165) is 12.0 Å². The quantitative estimate of drug-likeness (QED) is 0.698. The fourth-order valence-electron chi connectivity index (χ4n) is 2.36. The van der Waals surface area contributed by atoms with E-state index < -0.39 is 23.8 Å². The molecule has 0 radical (unpaired) electrons. The minimum Gasteiger partial charge on any atom is -0.479 e. The number of carbonyl (C=O) groups is 2. The van der Waals surface area contributed by atoms with Gasteiger partial charge in [0.05, 0.1) is 12.6 Å². The molecule has 0 bridgehead atoms. The van der Waals surface area contributed by atoms with Crippen LogP contribution in [0.15, 0.2) is 30.3 Å². The van der Waals surface area contributed by atoms with Crippen LogP contribution in [-0.4, -0.2) is 41.5 Å². The normalized spacial score (nSPS) is 15.0. The van der Waals surface area contributed by atoms with Gasteiger partial charge in [-0.3, -0.25) is 0 Å². The van der Waals surface area contributed by atoms with E-state index in [1.54, 1.807) is 20.8 Å². The van der Waals surface area contributed by atoms with E-state index in [9.17, 15) is 14.7 Å². The Balaban J connectivity index is 2.70. The zero-order chi connectivity index (χ0) is 19.7. The van der Waals surface area contributed by atoms with Crippen molar-refractivity contribution < 1.29 is 24.2 Å². The number of ether oxygens (including phenoxy) is 2. The summed E-state index contributed by atoms with van der Waals surface area (Å²) < 4.78 is 10.9. The monoisotopic (exact) mass is 365 g/mol. The molecule has 0 spiro atoms. The third kappa shape index (κ3) is 8.34. The van der Waals surface area contributed by atoms with Gasteiger partial charge in [0, 0.05) is 6.42 Å². The molecule has 0 aliphatic rings. The van der Waals surface area contributed by atoms with Gasteiger partial charge in [0.25, 0.3) is 0 Å². The van der Waals surface area contributed by atoms with Gasteiger partial charge >= 0.3 is 12.1 Å². The van der Waals surface area contributed by atoms with Crippen LogP contribution >= 0.6 is 0 Å². The molecule has 0 saturated heterocycles. The van der Waals surface area contributed by atoms with Gasteiger partial charge in [-0.05, 0) is 32.3 Å². The Bertz CT molecular complexity index is 567. The van der Waals surface area contributed by atoms with Gasteiger partial charge in [0.2, 0.25) is 0 Å². The van der Waals surface area contributed by atoms with Crippen LogP contribution in [0.5, 0.6) is 0 Å². The van der Waals surface area contributed by atoms with Crippen LogP contribution in [0.3, 0.4) is 0 Å². The van der Waals surface area contributed by atoms with Crippen molar-refractivity contribution in [3.63, 3.8) is 0 Å². The van der Waals surface area contributed by atoms with Crippen LogP contribution in [0.4, 0.5) is 4.79 Å². The molecule has 1 aromatic carbocycles. The summed E-state index contributed by atoms with van der Waals surface area (Å²) in [6, 6.07) is 9.01. The number of nitrogens with one attached hydrogen (secondary N) is 1. The molecule has 26 heavy (non-hydrogen) atoms. The Kier molecular flexibility index (Phi) is 8.58. The van der Waals surface area contributed by atoms with Crippen LogP contribution in [0.25, 0.3) is 0 Å². The fourth-order valence-corrected chi connectivity index (χ4v) is 2.36. The zero-order valence-corrected chi connectivity index (χ0v) is 16.3. The highest BCUT2D eigenvalue weighted by Gasteiger charge is 2.26. The molecule has 1 rings (SSSR count). The van der Waals surface area contributed by atoms with Crippen molar-refractivity contribution >= 4 is 12.1 Å². The minimum atomic E-state index is -1.02. The van der Waals surface area contributed by atoms with Gasteiger partial charge in [-0.1, -0.05) is 50.6 Å². The summed E-state index contributed by atoms with van der Waals surface area (Å²) in [6.45, 7) is 9.48. The van der Waals surface area contributed by atoms with Crippen LogP contribution < -0.4 is 5.32 Å². The Morgan fingerprint density at radius 1 is 1.19 bits per heavy atom. The van der Waals surface area contributed by atoms with Crippen molar-refractivity contribution in [1.29, 1.82) is 0 Å². The maximum absolute atomic E-state index is 12.1. The summed E-state index contributed by atoms with van der Waals surface area (Å²) >= 11 is 0. The number of carboxylic acid groups (broad SMARTS) is 1. The van der Waals surface area contributed by atoms with E-state index in [-0.39, 0.29) is 25.0 Å². The summed E-state index contributed by atoms with van der Waals surface area (Å²) in [5.74, 6) is -0.900. The highest BCUT2D eigenvalue weighted by molar-refractivity contribution is 5.72. The largest absolute Gasteiger partial charge is 0.479 e. The first-order valence-corrected chi connectivity index (χ1v) is 9.00. The van der Waals surface area contributed by atoms with Crippen molar-refractivity contribution in [1.82, 2.24) is 5.32 Å². The number of hydrogen-bond acceptors (Lipinski definition) is 4. The van der Waals surface area contributed by atoms with Gasteiger partial charge in [0.1, 0.15) is 5.60 Å². The van der Waals surface area contributed by atoms with Crippen molar-refractivity contribution in [3.05, 3.63) is 35.9 Å². The number of alkyl carbamates (subject to hydrolysis) is 1. The topological polar surface area (TPSA) is 84.9 Å². The summed E-state index contributed by atoms with van der Waals surface area (Å²) in [4.78, 5) is 23.6. The molecule has 2 N–H and O–H groups in total. The smallest absolute Gasteiger partial charge is 0.407 e. The fraction of sp³-hybridized carbons (Fsp3) is 0.600. The molecule has 6 nitrogen and oxygen atoms in total. The molecule has 0 saturated carbocycles. The number of carbonyl (C=O) groups excluding carboxylic acids is 1. The molecule has 1 amide bonds. The molecule has 0 aliphatic carbocycles. The maximum Gasteiger partial charge on any atom is 0.407 e. The standard InChI is InChI=1S/C20H31NO5/c1-6-14(2)16(21-19(24)26-20(3,4)5)13-25-17(18(22)23)12-15-10-8-7-9-11-15/h7-11,14,16-17H,6,12-13H2,1-5H3,(H,21,24)(H,22,23)/t14-,16+,17+/m0/s1.